The number of aromatic nitrogens is 3. The molecule has 0 unspecified atom stereocenters. The van der Waals surface area contributed by atoms with Crippen molar-refractivity contribution < 1.29 is 4.42 Å². The minimum Gasteiger partial charge on any atom is -0.436 e. The minimum atomic E-state index is -2.02. The van der Waals surface area contributed by atoms with Crippen molar-refractivity contribution in [2.24, 2.45) is 0 Å². The number of para-hydroxylation sites is 2. The molecule has 7 aromatic rings. The Morgan fingerprint density at radius 2 is 1.19 bits per heavy atom. The van der Waals surface area contributed by atoms with Crippen LogP contribution in [0.2, 0.25) is 13.1 Å². The van der Waals surface area contributed by atoms with E-state index in [0.717, 1.165) is 50.4 Å². The Bertz CT molecular complexity index is 2100. The Balaban J connectivity index is 1.26. The molecule has 0 saturated carbocycles. The van der Waals surface area contributed by atoms with Crippen LogP contribution < -0.4 is 10.5 Å². The van der Waals surface area contributed by atoms with Crippen LogP contribution in [0.15, 0.2) is 132 Å². The van der Waals surface area contributed by atoms with Crippen LogP contribution in [0.5, 0.6) is 0 Å². The van der Waals surface area contributed by atoms with Crippen molar-refractivity contribution in [2.45, 2.75) is 13.1 Å². The van der Waals surface area contributed by atoms with Crippen LogP contribution in [0.4, 0.5) is 0 Å². The summed E-state index contributed by atoms with van der Waals surface area (Å²) < 4.78 is 6.05. The van der Waals surface area contributed by atoms with Gasteiger partial charge in [0, 0.05) is 27.6 Å². The first-order valence-electron chi connectivity index (χ1n) is 14.2. The fourth-order valence-electron chi connectivity index (χ4n) is 6.14. The molecule has 0 spiro atoms. The average Bonchev–Trinajstić information content (AvgIpc) is 3.58. The number of fused-ring (bicyclic) bond motifs is 4. The van der Waals surface area contributed by atoms with Crippen molar-refractivity contribution in [2.75, 3.05) is 0 Å². The molecule has 0 saturated heterocycles. The van der Waals surface area contributed by atoms with Gasteiger partial charge >= 0.3 is 0 Å². The van der Waals surface area contributed by atoms with E-state index in [1.807, 2.05) is 30.3 Å². The van der Waals surface area contributed by atoms with Crippen molar-refractivity contribution in [1.82, 2.24) is 15.0 Å². The zero-order valence-electron chi connectivity index (χ0n) is 23.4. The maximum atomic E-state index is 6.05. The highest BCUT2D eigenvalue weighted by molar-refractivity contribution is 7.03. The zero-order chi connectivity index (χ0) is 28.3. The van der Waals surface area contributed by atoms with Crippen LogP contribution >= 0.6 is 0 Å². The maximum Gasteiger partial charge on any atom is 0.227 e. The van der Waals surface area contributed by atoms with Crippen molar-refractivity contribution >= 4 is 29.7 Å². The predicted octanol–water partition coefficient (Wildman–Crippen LogP) is 8.09. The number of rotatable bonds is 4. The molecule has 0 aliphatic carbocycles. The van der Waals surface area contributed by atoms with Crippen molar-refractivity contribution in [1.29, 1.82) is 0 Å². The summed E-state index contributed by atoms with van der Waals surface area (Å²) in [6.07, 6.45) is 0. The van der Waals surface area contributed by atoms with Gasteiger partial charge in [-0.05, 0) is 52.2 Å². The van der Waals surface area contributed by atoms with Crippen LogP contribution in [0, 0.1) is 0 Å². The Hall–Kier alpha value is -5.13. The van der Waals surface area contributed by atoms with E-state index < -0.39 is 8.07 Å². The molecule has 0 amide bonds. The van der Waals surface area contributed by atoms with Gasteiger partial charge < -0.3 is 4.42 Å². The van der Waals surface area contributed by atoms with Crippen LogP contribution in [0.1, 0.15) is 0 Å². The fourth-order valence-corrected chi connectivity index (χ4v) is 9.05. The molecule has 5 heteroatoms. The molecule has 8 rings (SSSR count). The molecule has 3 heterocycles. The molecule has 200 valence electrons. The smallest absolute Gasteiger partial charge is 0.227 e. The summed E-state index contributed by atoms with van der Waals surface area (Å²) >= 11 is 0. The lowest BCUT2D eigenvalue weighted by molar-refractivity contribution is 0.620. The summed E-state index contributed by atoms with van der Waals surface area (Å²) in [5, 5.41) is 2.63. The molecule has 5 aromatic carbocycles. The van der Waals surface area contributed by atoms with E-state index in [1.54, 1.807) is 0 Å². The second kappa shape index (κ2) is 9.47. The summed E-state index contributed by atoms with van der Waals surface area (Å²) in [6, 6.07) is 44.0. The van der Waals surface area contributed by atoms with E-state index in [4.69, 9.17) is 19.4 Å². The molecule has 0 atom stereocenters. The van der Waals surface area contributed by atoms with Gasteiger partial charge in [-0.25, -0.2) is 15.0 Å². The molecule has 0 radical (unpaired) electrons. The molecule has 2 aromatic heterocycles. The Morgan fingerprint density at radius 1 is 0.548 bits per heavy atom. The molecule has 42 heavy (non-hydrogen) atoms. The summed E-state index contributed by atoms with van der Waals surface area (Å²) in [4.78, 5) is 15.3. The van der Waals surface area contributed by atoms with E-state index in [2.05, 4.69) is 110 Å². The molecule has 0 bridgehead atoms. The summed E-state index contributed by atoms with van der Waals surface area (Å²) in [5.74, 6) is 1.38. The molecule has 0 fully saturated rings. The molecular weight excluding hydrogens is 531 g/mol. The molecular formula is C37H27N3OSi. The normalized spacial score (nSPS) is 13.2. The molecule has 1 aliphatic heterocycles. The third kappa shape index (κ3) is 3.93. The second-order valence-electron chi connectivity index (χ2n) is 11.3. The Morgan fingerprint density at radius 3 is 2.00 bits per heavy atom. The number of nitrogens with zero attached hydrogens (tertiary/aromatic N) is 3. The lowest BCUT2D eigenvalue weighted by atomic mass is 9.99. The van der Waals surface area contributed by atoms with Crippen LogP contribution in [-0.2, 0) is 0 Å². The van der Waals surface area contributed by atoms with Gasteiger partial charge in [0.25, 0.3) is 0 Å². The van der Waals surface area contributed by atoms with E-state index in [9.17, 15) is 0 Å². The standard InChI is InChI=1S/C37H27N3OSi/c1-42(2)32-21-9-6-18-29(32)33-34(24-12-4-3-5-13-24)39-35(40-37(33)42)27-16-10-14-25(22-27)26-15-11-17-28(23-26)36-38-30-19-7-8-20-31(30)41-36/h3-23H,1-2H3. The maximum absolute atomic E-state index is 6.05. The van der Waals surface area contributed by atoms with Crippen LogP contribution in [0.25, 0.3) is 67.5 Å². The number of benzene rings is 5. The number of oxazole rings is 1. The van der Waals surface area contributed by atoms with Gasteiger partial charge in [-0.15, -0.1) is 0 Å². The monoisotopic (exact) mass is 557 g/mol. The number of hydrogen-bond acceptors (Lipinski definition) is 4. The Labute approximate surface area is 245 Å². The quantitative estimate of drug-likeness (QED) is 0.205. The van der Waals surface area contributed by atoms with Crippen molar-refractivity contribution in [3.8, 4) is 56.4 Å². The lowest BCUT2D eigenvalue weighted by Crippen LogP contribution is -2.50. The third-order valence-corrected chi connectivity index (χ3v) is 11.6. The average molecular weight is 558 g/mol. The molecule has 1 aliphatic rings. The first-order valence-corrected chi connectivity index (χ1v) is 17.2. The third-order valence-electron chi connectivity index (χ3n) is 8.28. The van der Waals surface area contributed by atoms with Gasteiger partial charge in [-0.1, -0.05) is 110 Å². The zero-order valence-corrected chi connectivity index (χ0v) is 24.4. The topological polar surface area (TPSA) is 51.8 Å². The van der Waals surface area contributed by atoms with Gasteiger partial charge in [0.2, 0.25) is 5.89 Å². The van der Waals surface area contributed by atoms with Crippen molar-refractivity contribution in [3.63, 3.8) is 0 Å². The largest absolute Gasteiger partial charge is 0.436 e. The second-order valence-corrected chi connectivity index (χ2v) is 15.6. The molecule has 0 N–H and O–H groups in total. The Kier molecular flexibility index (Phi) is 5.56. The lowest BCUT2D eigenvalue weighted by Gasteiger charge is -2.19. The first-order chi connectivity index (χ1) is 20.6. The highest BCUT2D eigenvalue weighted by atomic mass is 28.3. The van der Waals surface area contributed by atoms with Gasteiger partial charge in [0.15, 0.2) is 11.4 Å². The minimum absolute atomic E-state index is 0.621. The van der Waals surface area contributed by atoms with E-state index in [1.165, 1.54) is 21.6 Å². The van der Waals surface area contributed by atoms with E-state index in [0.29, 0.717) is 5.89 Å². The van der Waals surface area contributed by atoms with E-state index in [-0.39, 0.29) is 0 Å². The SMILES string of the molecule is C[Si]1(C)c2ccccc2-c2c(-c3ccccc3)nc(-c3cccc(-c4cccc(-c5nc6ccccc6o5)c4)c3)nc21. The molecule has 4 nitrogen and oxygen atoms in total. The predicted molar refractivity (Wildman–Crippen MR) is 174 cm³/mol. The highest BCUT2D eigenvalue weighted by Gasteiger charge is 2.41. The number of hydrogen-bond donors (Lipinski definition) is 0. The first kappa shape index (κ1) is 24.6. The fraction of sp³-hybridized carbons (Fsp3) is 0.0541. The summed E-state index contributed by atoms with van der Waals surface area (Å²) in [7, 11) is -2.02. The van der Waals surface area contributed by atoms with Crippen LogP contribution in [0.3, 0.4) is 0 Å². The van der Waals surface area contributed by atoms with Crippen LogP contribution in [-0.4, -0.2) is 23.0 Å². The van der Waals surface area contributed by atoms with Gasteiger partial charge in [0.05, 0.1) is 5.69 Å². The highest BCUT2D eigenvalue weighted by Crippen LogP contribution is 2.37. The van der Waals surface area contributed by atoms with Gasteiger partial charge in [-0.2, -0.15) is 0 Å². The summed E-state index contributed by atoms with van der Waals surface area (Å²) in [6.45, 7) is 4.80. The van der Waals surface area contributed by atoms with E-state index >= 15 is 0 Å². The van der Waals surface area contributed by atoms with Gasteiger partial charge in [0.1, 0.15) is 13.6 Å². The van der Waals surface area contributed by atoms with Gasteiger partial charge in [-0.3, -0.25) is 0 Å². The van der Waals surface area contributed by atoms with Crippen molar-refractivity contribution in [3.05, 3.63) is 127 Å². The summed E-state index contributed by atoms with van der Waals surface area (Å²) in [5.41, 5.74) is 10.4.